The van der Waals surface area contributed by atoms with Crippen LogP contribution in [0, 0.1) is 5.82 Å². The van der Waals surface area contributed by atoms with E-state index in [-0.39, 0.29) is 28.6 Å². The number of amides is 2. The van der Waals surface area contributed by atoms with Crippen LogP contribution in [0.3, 0.4) is 0 Å². The van der Waals surface area contributed by atoms with Crippen LogP contribution in [0.25, 0.3) is 22.6 Å². The second kappa shape index (κ2) is 9.91. The van der Waals surface area contributed by atoms with Gasteiger partial charge < -0.3 is 14.6 Å². The fourth-order valence-electron chi connectivity index (χ4n) is 5.14. The number of H-pyrrole nitrogens is 1. The quantitative estimate of drug-likeness (QED) is 0.381. The highest BCUT2D eigenvalue weighted by Gasteiger charge is 2.42. The lowest BCUT2D eigenvalue weighted by Gasteiger charge is -2.33. The number of carbonyl (C=O) groups excluding carboxylic acids is 2. The van der Waals surface area contributed by atoms with Gasteiger partial charge in [0.15, 0.2) is 5.82 Å². The highest BCUT2D eigenvalue weighted by Crippen LogP contribution is 2.44. The van der Waals surface area contributed by atoms with Crippen LogP contribution >= 0.6 is 11.6 Å². The summed E-state index contributed by atoms with van der Waals surface area (Å²) in [6.45, 7) is 0. The normalized spacial score (nSPS) is 18.6. The van der Waals surface area contributed by atoms with Gasteiger partial charge in [0.2, 0.25) is 5.91 Å². The van der Waals surface area contributed by atoms with E-state index in [1.807, 2.05) is 0 Å². The van der Waals surface area contributed by atoms with Gasteiger partial charge in [0.05, 0.1) is 53.3 Å². The predicted molar refractivity (Wildman–Crippen MR) is 137 cm³/mol. The Balaban J connectivity index is 1.25. The molecule has 14 heteroatoms. The van der Waals surface area contributed by atoms with Gasteiger partial charge in [0, 0.05) is 17.7 Å². The minimum absolute atomic E-state index is 0.0484. The summed E-state index contributed by atoms with van der Waals surface area (Å²) in [4.78, 5) is 38.8. The Labute approximate surface area is 225 Å². The molecule has 2 amide bonds. The molecule has 1 aromatic carbocycles. The lowest BCUT2D eigenvalue weighted by molar-refractivity contribution is -0.129. The van der Waals surface area contributed by atoms with E-state index in [0.717, 1.165) is 6.42 Å². The number of benzene rings is 1. The molecular weight excluding hydrogens is 529 g/mol. The molecule has 0 spiro atoms. The maximum atomic E-state index is 15.3. The minimum Gasteiger partial charge on any atom is -0.453 e. The number of nitrogens with one attached hydrogen (secondary N) is 2. The molecule has 0 bridgehead atoms. The standard InChI is InChI=1S/C25H21ClFN9O3/c1-39-25(38)31-14-2-5-17(28-10-14)18-11-29-24(32-18)20-6-3-15-8-13(9-21(37)36(15)20)22-19(35-12-30-33-34-35)7-4-16(26)23(22)27/h2,4-5,7,9-12,15,20H,3,6,8H2,1H3,(H,29,32)(H,31,38)/t15-,20+/m1/s1. The number of anilines is 1. The number of nitrogens with zero attached hydrogens (tertiary/aromatic N) is 7. The summed E-state index contributed by atoms with van der Waals surface area (Å²) in [5.74, 6) is -0.220. The highest BCUT2D eigenvalue weighted by molar-refractivity contribution is 6.31. The number of hydrogen-bond donors (Lipinski definition) is 2. The monoisotopic (exact) mass is 549 g/mol. The summed E-state index contributed by atoms with van der Waals surface area (Å²) in [7, 11) is 1.28. The second-order valence-electron chi connectivity index (χ2n) is 9.11. The number of rotatable bonds is 5. The Morgan fingerprint density at radius 1 is 1.21 bits per heavy atom. The maximum absolute atomic E-state index is 15.3. The number of fused-ring (bicyclic) bond motifs is 1. The van der Waals surface area contributed by atoms with Crippen molar-refractivity contribution in [3.63, 3.8) is 0 Å². The van der Waals surface area contributed by atoms with Gasteiger partial charge in [-0.15, -0.1) is 5.10 Å². The van der Waals surface area contributed by atoms with Crippen molar-refractivity contribution in [1.29, 1.82) is 0 Å². The Hall–Kier alpha value is -4.65. The zero-order chi connectivity index (χ0) is 27.1. The Morgan fingerprint density at radius 3 is 2.82 bits per heavy atom. The molecule has 1 fully saturated rings. The highest BCUT2D eigenvalue weighted by atomic mass is 35.5. The molecular formula is C25H21ClFN9O3. The van der Waals surface area contributed by atoms with Crippen molar-refractivity contribution in [1.82, 2.24) is 40.1 Å². The molecule has 0 unspecified atom stereocenters. The largest absolute Gasteiger partial charge is 0.453 e. The number of aromatic amines is 1. The van der Waals surface area contributed by atoms with Crippen molar-refractivity contribution in [2.75, 3.05) is 12.4 Å². The van der Waals surface area contributed by atoms with E-state index in [1.165, 1.54) is 36.5 Å². The molecule has 0 saturated carbocycles. The fraction of sp³-hybridized carbons (Fsp3) is 0.240. The molecule has 2 aliphatic rings. The van der Waals surface area contributed by atoms with Gasteiger partial charge in [-0.2, -0.15) is 4.68 Å². The predicted octanol–water partition coefficient (Wildman–Crippen LogP) is 3.94. The van der Waals surface area contributed by atoms with Crippen LogP contribution < -0.4 is 5.32 Å². The molecule has 2 aliphatic heterocycles. The number of hydrogen-bond acceptors (Lipinski definition) is 8. The summed E-state index contributed by atoms with van der Waals surface area (Å²) in [6.07, 6.45) is 7.26. The smallest absolute Gasteiger partial charge is 0.411 e. The fourth-order valence-corrected chi connectivity index (χ4v) is 5.29. The summed E-state index contributed by atoms with van der Waals surface area (Å²) >= 11 is 6.11. The molecule has 12 nitrogen and oxygen atoms in total. The van der Waals surface area contributed by atoms with Crippen LogP contribution in [0.4, 0.5) is 14.9 Å². The molecule has 2 N–H and O–H groups in total. The van der Waals surface area contributed by atoms with E-state index in [1.54, 1.807) is 29.3 Å². The zero-order valence-electron chi connectivity index (χ0n) is 20.5. The summed E-state index contributed by atoms with van der Waals surface area (Å²) in [5, 5.41) is 13.7. The van der Waals surface area contributed by atoms with Gasteiger partial charge in [0.1, 0.15) is 12.2 Å². The van der Waals surface area contributed by atoms with Crippen molar-refractivity contribution in [2.45, 2.75) is 31.3 Å². The third-order valence-corrected chi connectivity index (χ3v) is 7.17. The van der Waals surface area contributed by atoms with Crippen molar-refractivity contribution >= 4 is 34.9 Å². The molecule has 198 valence electrons. The SMILES string of the molecule is COC(=O)Nc1ccc(-c2cnc([C@@H]3CC[C@@H]4CC(c5c(-n6cnnn6)ccc(Cl)c5F)=CC(=O)N43)[nH]2)nc1. The lowest BCUT2D eigenvalue weighted by Crippen LogP contribution is -2.39. The number of pyridine rings is 1. The first-order valence-electron chi connectivity index (χ1n) is 12.0. The summed E-state index contributed by atoms with van der Waals surface area (Å²) < 4.78 is 21.2. The van der Waals surface area contributed by atoms with E-state index in [4.69, 9.17) is 11.6 Å². The lowest BCUT2D eigenvalue weighted by atomic mass is 9.92. The Kier molecular flexibility index (Phi) is 6.27. The number of ether oxygens (including phenoxy) is 1. The third-order valence-electron chi connectivity index (χ3n) is 6.88. The number of methoxy groups -OCH3 is 1. The van der Waals surface area contributed by atoms with Gasteiger partial charge >= 0.3 is 6.09 Å². The van der Waals surface area contributed by atoms with Gasteiger partial charge in [-0.25, -0.2) is 14.2 Å². The molecule has 3 aromatic heterocycles. The van der Waals surface area contributed by atoms with Gasteiger partial charge in [-0.05, 0) is 59.5 Å². The van der Waals surface area contributed by atoms with Crippen molar-refractivity contribution in [3.05, 3.63) is 71.3 Å². The molecule has 4 aromatic rings. The average Bonchev–Trinajstić information content (AvgIpc) is 3.71. The van der Waals surface area contributed by atoms with E-state index in [2.05, 4.69) is 40.5 Å². The molecule has 0 aliphatic carbocycles. The van der Waals surface area contributed by atoms with Crippen LogP contribution in [0.5, 0.6) is 0 Å². The molecule has 39 heavy (non-hydrogen) atoms. The number of tetrazole rings is 1. The minimum atomic E-state index is -0.623. The first kappa shape index (κ1) is 24.7. The zero-order valence-corrected chi connectivity index (χ0v) is 21.3. The first-order chi connectivity index (χ1) is 18.9. The molecule has 1 saturated heterocycles. The van der Waals surface area contributed by atoms with Gasteiger partial charge in [-0.1, -0.05) is 11.6 Å². The van der Waals surface area contributed by atoms with Crippen LogP contribution in [0.15, 0.2) is 49.1 Å². The topological polar surface area (TPSA) is 144 Å². The van der Waals surface area contributed by atoms with E-state index >= 15 is 4.39 Å². The van der Waals surface area contributed by atoms with Crippen molar-refractivity contribution < 1.29 is 18.7 Å². The summed E-state index contributed by atoms with van der Waals surface area (Å²) in [6, 6.07) is 6.10. The number of imidazole rings is 1. The van der Waals surface area contributed by atoms with Gasteiger partial charge in [0.25, 0.3) is 0 Å². The first-order valence-corrected chi connectivity index (χ1v) is 12.4. The number of aromatic nitrogens is 7. The Bertz CT molecular complexity index is 1590. The molecule has 0 radical (unpaired) electrons. The third kappa shape index (κ3) is 4.50. The maximum Gasteiger partial charge on any atom is 0.411 e. The van der Waals surface area contributed by atoms with Crippen LogP contribution in [0.1, 0.15) is 36.7 Å². The number of carbonyl (C=O) groups is 2. The molecule has 2 atom stereocenters. The number of halogens is 2. The molecule has 5 heterocycles. The van der Waals surface area contributed by atoms with Crippen LogP contribution in [-0.4, -0.2) is 65.2 Å². The van der Waals surface area contributed by atoms with Crippen molar-refractivity contribution in [2.24, 2.45) is 0 Å². The average molecular weight is 550 g/mol. The summed E-state index contributed by atoms with van der Waals surface area (Å²) in [5.41, 5.74) is 2.94. The molecule has 6 rings (SSSR count). The van der Waals surface area contributed by atoms with E-state index in [0.29, 0.717) is 47.0 Å². The van der Waals surface area contributed by atoms with Crippen molar-refractivity contribution in [3.8, 4) is 17.1 Å². The Morgan fingerprint density at radius 2 is 2.08 bits per heavy atom. The van der Waals surface area contributed by atoms with Crippen LogP contribution in [0.2, 0.25) is 5.02 Å². The second-order valence-corrected chi connectivity index (χ2v) is 9.51. The van der Waals surface area contributed by atoms with E-state index in [9.17, 15) is 9.59 Å². The van der Waals surface area contributed by atoms with E-state index < -0.39 is 11.9 Å². The van der Waals surface area contributed by atoms with Gasteiger partial charge in [-0.3, -0.25) is 15.1 Å². The van der Waals surface area contributed by atoms with Crippen LogP contribution in [-0.2, 0) is 9.53 Å².